The fourth-order valence-electron chi connectivity index (χ4n) is 7.55. The number of benzene rings is 4. The maximum Gasteiger partial charge on any atom is 0.303 e. The summed E-state index contributed by atoms with van der Waals surface area (Å²) >= 11 is 0. The van der Waals surface area contributed by atoms with E-state index in [1.54, 1.807) is 0 Å². The van der Waals surface area contributed by atoms with Crippen molar-refractivity contribution >= 4 is 5.97 Å². The minimum atomic E-state index is -0.981. The molecule has 0 amide bonds. The van der Waals surface area contributed by atoms with Crippen LogP contribution >= 0.6 is 0 Å². The lowest BCUT2D eigenvalue weighted by Gasteiger charge is -2.56. The van der Waals surface area contributed by atoms with Gasteiger partial charge in [0, 0.05) is 13.3 Å². The molecule has 1 unspecified atom stereocenters. The first-order valence-corrected chi connectivity index (χ1v) is 18.6. The lowest BCUT2D eigenvalue weighted by atomic mass is 9.84. The molecule has 11 nitrogen and oxygen atoms in total. The van der Waals surface area contributed by atoms with Crippen LogP contribution in [-0.2, 0) is 78.6 Å². The molecule has 0 N–H and O–H groups in total. The third-order valence-electron chi connectivity index (χ3n) is 10.1. The van der Waals surface area contributed by atoms with Crippen molar-refractivity contribution in [2.24, 2.45) is 0 Å². The van der Waals surface area contributed by atoms with Gasteiger partial charge >= 0.3 is 5.97 Å². The van der Waals surface area contributed by atoms with Crippen LogP contribution in [0.4, 0.5) is 0 Å². The highest BCUT2D eigenvalue weighted by Gasteiger charge is 2.61. The number of rotatable bonds is 16. The van der Waals surface area contributed by atoms with Crippen LogP contribution in [0.5, 0.6) is 0 Å². The van der Waals surface area contributed by atoms with E-state index in [1.165, 1.54) is 6.92 Å². The summed E-state index contributed by atoms with van der Waals surface area (Å²) in [7, 11) is 0. The minimum Gasteiger partial charge on any atom is -0.457 e. The largest absolute Gasteiger partial charge is 0.457 e. The van der Waals surface area contributed by atoms with Crippen molar-refractivity contribution in [1.82, 2.24) is 0 Å². The predicted octanol–water partition coefficient (Wildman–Crippen LogP) is 5.87. The summed E-state index contributed by atoms with van der Waals surface area (Å²) in [6.07, 6.45) is -5.97. The van der Waals surface area contributed by atoms with E-state index in [4.69, 9.17) is 47.4 Å². The van der Waals surface area contributed by atoms with E-state index >= 15 is 0 Å². The van der Waals surface area contributed by atoms with Crippen molar-refractivity contribution in [3.63, 3.8) is 0 Å². The van der Waals surface area contributed by atoms with Crippen LogP contribution in [0.3, 0.4) is 0 Å². The Kier molecular flexibility index (Phi) is 12.1. The second-order valence-corrected chi connectivity index (χ2v) is 14.0. The molecule has 54 heavy (non-hydrogen) atoms. The van der Waals surface area contributed by atoms with Gasteiger partial charge in [-0.15, -0.1) is 0 Å². The Morgan fingerprint density at radius 2 is 1.04 bits per heavy atom. The normalized spacial score (nSPS) is 31.3. The number of hydrogen-bond acceptors (Lipinski definition) is 11. The molecule has 0 radical (unpaired) electrons. The van der Waals surface area contributed by atoms with Gasteiger partial charge in [-0.3, -0.25) is 4.79 Å². The molecule has 4 heterocycles. The smallest absolute Gasteiger partial charge is 0.303 e. The lowest BCUT2D eigenvalue weighted by Crippen LogP contribution is -2.72. The summed E-state index contributed by atoms with van der Waals surface area (Å²) in [4.78, 5) is 12.2. The van der Waals surface area contributed by atoms with Crippen molar-refractivity contribution < 1.29 is 52.2 Å². The molecular formula is C43H46O11. The molecule has 4 aromatic rings. The number of hydrogen-bond donors (Lipinski definition) is 0. The molecule has 4 aromatic carbocycles. The highest BCUT2D eigenvalue weighted by Crippen LogP contribution is 2.44. The van der Waals surface area contributed by atoms with Gasteiger partial charge in [-0.1, -0.05) is 121 Å². The van der Waals surface area contributed by atoms with Crippen molar-refractivity contribution in [1.29, 1.82) is 0 Å². The fourth-order valence-corrected chi connectivity index (χ4v) is 7.55. The predicted molar refractivity (Wildman–Crippen MR) is 193 cm³/mol. The first-order chi connectivity index (χ1) is 26.6. The van der Waals surface area contributed by atoms with Crippen molar-refractivity contribution in [3.05, 3.63) is 144 Å². The molecule has 11 atom stereocenters. The van der Waals surface area contributed by atoms with E-state index in [2.05, 4.69) is 0 Å². The topological polar surface area (TPSA) is 109 Å². The Labute approximate surface area is 315 Å². The summed E-state index contributed by atoms with van der Waals surface area (Å²) in [5.74, 6) is -0.430. The highest BCUT2D eigenvalue weighted by atomic mass is 16.9. The van der Waals surface area contributed by atoms with Crippen LogP contribution in [0.15, 0.2) is 121 Å². The minimum absolute atomic E-state index is 0.184. The van der Waals surface area contributed by atoms with Crippen LogP contribution in [0.1, 0.15) is 35.6 Å². The molecule has 9 rings (SSSR count). The van der Waals surface area contributed by atoms with E-state index in [1.807, 2.05) is 121 Å². The van der Waals surface area contributed by atoms with E-state index in [-0.39, 0.29) is 25.4 Å². The van der Waals surface area contributed by atoms with E-state index in [0.717, 1.165) is 22.3 Å². The molecule has 5 aliphatic rings. The van der Waals surface area contributed by atoms with Gasteiger partial charge in [0.25, 0.3) is 6.48 Å². The van der Waals surface area contributed by atoms with Crippen molar-refractivity contribution in [2.75, 3.05) is 6.61 Å². The van der Waals surface area contributed by atoms with Gasteiger partial charge < -0.3 is 47.4 Å². The highest BCUT2D eigenvalue weighted by molar-refractivity contribution is 5.66. The quantitative estimate of drug-likeness (QED) is 0.129. The van der Waals surface area contributed by atoms with Crippen LogP contribution < -0.4 is 0 Å². The zero-order valence-electron chi connectivity index (χ0n) is 30.1. The van der Waals surface area contributed by atoms with E-state index < -0.39 is 61.5 Å². The Morgan fingerprint density at radius 1 is 0.556 bits per heavy atom. The summed E-state index contributed by atoms with van der Waals surface area (Å²) in [6, 6.07) is 39.9. The monoisotopic (exact) mass is 738 g/mol. The van der Waals surface area contributed by atoms with Gasteiger partial charge in [0.15, 0.2) is 12.4 Å². The van der Waals surface area contributed by atoms with Gasteiger partial charge in [-0.2, -0.15) is 0 Å². The fraction of sp³-hybridized carbons (Fsp3) is 0.419. The molecule has 0 aromatic heterocycles. The first-order valence-electron chi connectivity index (χ1n) is 18.6. The van der Waals surface area contributed by atoms with Gasteiger partial charge in [0.05, 0.1) is 39.1 Å². The molecule has 284 valence electrons. The third-order valence-corrected chi connectivity index (χ3v) is 10.1. The standard InChI is InChI=1S/C43H46O11/c1-28(44)49-37-33-22-34-38(40(37)54-43(51-33)52-34)53-42-41(48-26-32-20-12-5-13-21-32)39(47-25-31-18-10-4-11-19-31)36(46-24-30-16-8-3-9-17-30)35(50-42)27-45-23-29-14-6-2-7-15-29/h2-21,33-43H,22-27H2,1H3/t33-,34+,35+,36+,37-,38-,39-,40-,41+,42-,43?/m0/s1. The van der Waals surface area contributed by atoms with Crippen LogP contribution in [0.25, 0.3) is 0 Å². The lowest BCUT2D eigenvalue weighted by molar-refractivity contribution is -0.475. The Hall–Kier alpha value is -4.01. The SMILES string of the molecule is CC(=O)O[C@@H]1[C@@H]2OC3O[C@H]1C[C@@H](O3)[C@@H]2O[C@@H]1O[C@H](COCc2ccccc2)[C@@H](OCc2ccccc2)[C@H](OCc2ccccc2)[C@H]1OCc1ccccc1. The second-order valence-electron chi connectivity index (χ2n) is 14.0. The van der Waals surface area contributed by atoms with Gasteiger partial charge in [-0.05, 0) is 22.3 Å². The van der Waals surface area contributed by atoms with E-state index in [9.17, 15) is 4.79 Å². The number of carbonyl (C=O) groups excluding carboxylic acids is 1. The second kappa shape index (κ2) is 17.6. The average molecular weight is 739 g/mol. The molecule has 1 saturated carbocycles. The molecule has 4 bridgehead atoms. The number of ether oxygens (including phenoxy) is 10. The van der Waals surface area contributed by atoms with Crippen LogP contribution in [-0.4, -0.2) is 80.3 Å². The maximum absolute atomic E-state index is 12.2. The summed E-state index contributed by atoms with van der Waals surface area (Å²) in [6.45, 7) is 1.94. The molecular weight excluding hydrogens is 692 g/mol. The molecule has 0 spiro atoms. The van der Waals surface area contributed by atoms with Crippen LogP contribution in [0.2, 0.25) is 0 Å². The average Bonchev–Trinajstić information content (AvgIpc) is 3.20. The third kappa shape index (κ3) is 8.92. The summed E-state index contributed by atoms with van der Waals surface area (Å²) < 4.78 is 64.4. The van der Waals surface area contributed by atoms with E-state index in [0.29, 0.717) is 26.2 Å². The van der Waals surface area contributed by atoms with Crippen molar-refractivity contribution in [2.45, 2.75) is 107 Å². The molecule has 4 aliphatic heterocycles. The Bertz CT molecular complexity index is 1750. The summed E-state index contributed by atoms with van der Waals surface area (Å²) in [5.41, 5.74) is 4.01. The summed E-state index contributed by atoms with van der Waals surface area (Å²) in [5, 5.41) is 0. The van der Waals surface area contributed by atoms with Crippen LogP contribution in [0, 0.1) is 0 Å². The Morgan fingerprint density at radius 3 is 1.57 bits per heavy atom. The van der Waals surface area contributed by atoms with Gasteiger partial charge in [0.2, 0.25) is 0 Å². The molecule has 11 heteroatoms. The van der Waals surface area contributed by atoms with Crippen molar-refractivity contribution in [3.8, 4) is 0 Å². The maximum atomic E-state index is 12.2. The zero-order chi connectivity index (χ0) is 36.7. The molecule has 4 saturated heterocycles. The number of esters is 1. The zero-order valence-corrected chi connectivity index (χ0v) is 30.1. The Balaban J connectivity index is 1.12. The van der Waals surface area contributed by atoms with Gasteiger partial charge in [-0.25, -0.2) is 0 Å². The first kappa shape index (κ1) is 36.9. The molecule has 1 aliphatic carbocycles. The number of carbonyl (C=O) groups is 1. The molecule has 5 fully saturated rings. The van der Waals surface area contributed by atoms with Gasteiger partial charge in [0.1, 0.15) is 42.7 Å².